The van der Waals surface area contributed by atoms with Crippen molar-refractivity contribution in [3.05, 3.63) is 28.8 Å². The van der Waals surface area contributed by atoms with Gasteiger partial charge in [-0.25, -0.2) is 0 Å². The van der Waals surface area contributed by atoms with Crippen molar-refractivity contribution in [2.45, 2.75) is 40.3 Å². The zero-order valence-corrected chi connectivity index (χ0v) is 14.7. The topological polar surface area (TPSA) is 65.0 Å². The van der Waals surface area contributed by atoms with E-state index in [0.29, 0.717) is 23.5 Å². The largest absolute Gasteiger partial charge is 0.493 e. The Morgan fingerprint density at radius 3 is 2.12 bits per heavy atom. The maximum atomic E-state index is 13.2. The molecule has 0 saturated heterocycles. The summed E-state index contributed by atoms with van der Waals surface area (Å²) in [6.45, 7) is 6.91. The van der Waals surface area contributed by atoms with Gasteiger partial charge in [0.05, 0.1) is 12.4 Å². The van der Waals surface area contributed by atoms with Crippen molar-refractivity contribution in [1.29, 1.82) is 0 Å². The smallest absolute Gasteiger partial charge is 0.437 e. The second-order valence-electron chi connectivity index (χ2n) is 5.15. The van der Waals surface area contributed by atoms with Gasteiger partial charge < -0.3 is 4.74 Å². The van der Waals surface area contributed by atoms with Crippen molar-refractivity contribution in [3.63, 3.8) is 0 Å². The first-order valence-corrected chi connectivity index (χ1v) is 8.90. The quantitative estimate of drug-likeness (QED) is 0.544. The van der Waals surface area contributed by atoms with E-state index in [1.54, 1.807) is 27.7 Å². The SMILES string of the molecule is CCCS(=O)(=O)O/N=C(/c1cc(C)c(OCC)c(C)c1)C(F)(F)F. The number of oxime groups is 1. The summed E-state index contributed by atoms with van der Waals surface area (Å²) in [5.41, 5.74) is -0.718. The van der Waals surface area contributed by atoms with Crippen LogP contribution in [-0.4, -0.2) is 32.7 Å². The first kappa shape index (κ1) is 20.3. The standard InChI is InChI=1S/C15H20F3NO4S/c1-5-7-24(20,21)23-19-14(15(16,17)18)12-8-10(3)13(22-6-2)11(4)9-12/h8-9H,5-7H2,1-4H3/b19-14-. The molecule has 0 spiro atoms. The molecule has 5 nitrogen and oxygen atoms in total. The number of hydrogen-bond acceptors (Lipinski definition) is 5. The van der Waals surface area contributed by atoms with Gasteiger partial charge in [-0.2, -0.15) is 21.6 Å². The van der Waals surface area contributed by atoms with Crippen LogP contribution in [-0.2, 0) is 14.4 Å². The van der Waals surface area contributed by atoms with Crippen LogP contribution in [0.3, 0.4) is 0 Å². The van der Waals surface area contributed by atoms with Crippen molar-refractivity contribution in [1.82, 2.24) is 0 Å². The van der Waals surface area contributed by atoms with E-state index in [1.165, 1.54) is 12.1 Å². The minimum Gasteiger partial charge on any atom is -0.493 e. The molecule has 0 aromatic heterocycles. The summed E-state index contributed by atoms with van der Waals surface area (Å²) in [5, 5.41) is 2.88. The lowest BCUT2D eigenvalue weighted by atomic mass is 10.0. The molecule has 1 aromatic carbocycles. The molecular weight excluding hydrogens is 347 g/mol. The molecule has 0 amide bonds. The van der Waals surface area contributed by atoms with Crippen LogP contribution >= 0.6 is 0 Å². The van der Waals surface area contributed by atoms with Crippen molar-refractivity contribution in [3.8, 4) is 5.75 Å². The molecule has 1 aromatic rings. The second-order valence-corrected chi connectivity index (χ2v) is 6.82. The highest BCUT2D eigenvalue weighted by Crippen LogP contribution is 2.29. The Balaban J connectivity index is 3.33. The van der Waals surface area contributed by atoms with Gasteiger partial charge in [0.2, 0.25) is 0 Å². The molecule has 0 unspecified atom stereocenters. The Bertz CT molecular complexity index is 689. The number of halogens is 3. The molecule has 0 aliphatic rings. The molecule has 0 aliphatic carbocycles. The van der Waals surface area contributed by atoms with Crippen LogP contribution in [0.1, 0.15) is 37.0 Å². The summed E-state index contributed by atoms with van der Waals surface area (Å²) in [5.74, 6) is 0.0745. The number of hydrogen-bond donors (Lipinski definition) is 0. The van der Waals surface area contributed by atoms with Crippen molar-refractivity contribution in [2.24, 2.45) is 5.16 Å². The van der Waals surface area contributed by atoms with E-state index >= 15 is 0 Å². The van der Waals surface area contributed by atoms with E-state index in [2.05, 4.69) is 9.44 Å². The molecule has 0 saturated carbocycles. The Morgan fingerprint density at radius 1 is 1.17 bits per heavy atom. The minimum atomic E-state index is -4.87. The molecule has 9 heteroatoms. The molecule has 0 radical (unpaired) electrons. The van der Waals surface area contributed by atoms with E-state index < -0.39 is 27.8 Å². The third kappa shape index (κ3) is 5.40. The third-order valence-corrected chi connectivity index (χ3v) is 4.20. The number of aryl methyl sites for hydroxylation is 2. The normalized spacial score (nSPS) is 13.0. The van der Waals surface area contributed by atoms with E-state index in [1.807, 2.05) is 0 Å². The molecule has 0 aliphatic heterocycles. The predicted octanol–water partition coefficient (Wildman–Crippen LogP) is 3.72. The van der Waals surface area contributed by atoms with E-state index in [9.17, 15) is 21.6 Å². The molecule has 0 fully saturated rings. The zero-order valence-electron chi connectivity index (χ0n) is 13.9. The zero-order chi connectivity index (χ0) is 18.5. The van der Waals surface area contributed by atoms with Gasteiger partial charge in [0, 0.05) is 5.56 Å². The summed E-state index contributed by atoms with van der Waals surface area (Å²) >= 11 is 0. The molecule has 0 N–H and O–H groups in total. The van der Waals surface area contributed by atoms with Crippen LogP contribution in [0.25, 0.3) is 0 Å². The number of ether oxygens (including phenoxy) is 1. The molecule has 0 heterocycles. The maximum Gasteiger partial charge on any atom is 0.437 e. The van der Waals surface area contributed by atoms with Gasteiger partial charge in [-0.15, -0.1) is 0 Å². The Hall–Kier alpha value is -1.77. The highest BCUT2D eigenvalue weighted by Gasteiger charge is 2.39. The summed E-state index contributed by atoms with van der Waals surface area (Å²) < 4.78 is 72.2. The molecule has 1 rings (SSSR count). The summed E-state index contributed by atoms with van der Waals surface area (Å²) in [6, 6.07) is 2.47. The first-order chi connectivity index (χ1) is 11.0. The van der Waals surface area contributed by atoms with Gasteiger partial charge in [-0.05, 0) is 50.5 Å². The van der Waals surface area contributed by atoms with Gasteiger partial charge >= 0.3 is 16.3 Å². The van der Waals surface area contributed by atoms with Gasteiger partial charge in [0.15, 0.2) is 5.71 Å². The van der Waals surface area contributed by atoms with Crippen molar-refractivity contribution >= 4 is 15.8 Å². The fraction of sp³-hybridized carbons (Fsp3) is 0.533. The van der Waals surface area contributed by atoms with Gasteiger partial charge in [-0.1, -0.05) is 12.1 Å². The van der Waals surface area contributed by atoms with Crippen LogP contribution < -0.4 is 4.74 Å². The van der Waals surface area contributed by atoms with Gasteiger partial charge in [0.25, 0.3) is 0 Å². The van der Waals surface area contributed by atoms with Crippen LogP contribution in [0.5, 0.6) is 5.75 Å². The summed E-state index contributed by atoms with van der Waals surface area (Å²) in [6.07, 6.45) is -4.66. The molecule has 136 valence electrons. The number of benzene rings is 1. The minimum absolute atomic E-state index is 0.209. The average Bonchev–Trinajstić information content (AvgIpc) is 2.41. The monoisotopic (exact) mass is 367 g/mol. The lowest BCUT2D eigenvalue weighted by Crippen LogP contribution is -2.25. The number of nitrogens with zero attached hydrogens (tertiary/aromatic N) is 1. The Labute approximate surface area is 139 Å². The molecule has 24 heavy (non-hydrogen) atoms. The molecule has 0 atom stereocenters. The maximum absolute atomic E-state index is 13.2. The lowest BCUT2D eigenvalue weighted by Gasteiger charge is -2.15. The highest BCUT2D eigenvalue weighted by atomic mass is 32.2. The number of rotatable bonds is 7. The van der Waals surface area contributed by atoms with Crippen molar-refractivity contribution < 1.29 is 30.6 Å². The fourth-order valence-corrected chi connectivity index (χ4v) is 2.87. The van der Waals surface area contributed by atoms with Crippen molar-refractivity contribution in [2.75, 3.05) is 12.4 Å². The Morgan fingerprint density at radius 2 is 1.71 bits per heavy atom. The second kappa shape index (κ2) is 7.87. The van der Waals surface area contributed by atoms with E-state index in [4.69, 9.17) is 4.74 Å². The van der Waals surface area contributed by atoms with Gasteiger partial charge in [-0.3, -0.25) is 4.28 Å². The number of alkyl halides is 3. The fourth-order valence-electron chi connectivity index (χ4n) is 2.11. The van der Waals surface area contributed by atoms with E-state index in [0.717, 1.165) is 0 Å². The Kier molecular flexibility index (Phi) is 6.65. The summed E-state index contributed by atoms with van der Waals surface area (Å²) in [7, 11) is -4.14. The molecular formula is C15H20F3NO4S. The van der Waals surface area contributed by atoms with Crippen LogP contribution in [0.2, 0.25) is 0 Å². The first-order valence-electron chi connectivity index (χ1n) is 7.32. The third-order valence-electron chi connectivity index (χ3n) is 2.99. The van der Waals surface area contributed by atoms with Crippen LogP contribution in [0.4, 0.5) is 13.2 Å². The predicted molar refractivity (Wildman–Crippen MR) is 84.8 cm³/mol. The highest BCUT2D eigenvalue weighted by molar-refractivity contribution is 7.86. The van der Waals surface area contributed by atoms with Gasteiger partial charge in [0.1, 0.15) is 5.75 Å². The van der Waals surface area contributed by atoms with E-state index in [-0.39, 0.29) is 12.0 Å². The van der Waals surface area contributed by atoms with Crippen LogP contribution in [0, 0.1) is 13.8 Å². The average molecular weight is 367 g/mol. The summed E-state index contributed by atoms with van der Waals surface area (Å²) in [4.78, 5) is 0. The lowest BCUT2D eigenvalue weighted by molar-refractivity contribution is -0.0597. The van der Waals surface area contributed by atoms with Crippen LogP contribution in [0.15, 0.2) is 17.3 Å². The molecule has 0 bridgehead atoms.